The Morgan fingerprint density at radius 3 is 2.76 bits per heavy atom. The summed E-state index contributed by atoms with van der Waals surface area (Å²) >= 11 is 6.02. The minimum Gasteiger partial charge on any atom is -0.481 e. The number of aliphatic carboxylic acids is 1. The van der Waals surface area contributed by atoms with Crippen LogP contribution in [0, 0.1) is 0 Å². The molecule has 0 saturated carbocycles. The quantitative estimate of drug-likeness (QED) is 0.821. The number of aromatic nitrogens is 1. The van der Waals surface area contributed by atoms with Crippen LogP contribution in [0.15, 0.2) is 24.4 Å². The monoisotopic (exact) mass is 251 g/mol. The Labute approximate surface area is 102 Å². The molecule has 0 atom stereocenters. The van der Waals surface area contributed by atoms with Gasteiger partial charge in [0.1, 0.15) is 0 Å². The molecule has 0 aliphatic rings. The second-order valence-electron chi connectivity index (χ2n) is 3.68. The molecule has 2 rings (SSSR count). The van der Waals surface area contributed by atoms with Gasteiger partial charge in [-0.05, 0) is 12.1 Å². The molecule has 17 heavy (non-hydrogen) atoms. The molecule has 0 bridgehead atoms. The lowest BCUT2D eigenvalue weighted by Gasteiger charge is -1.99. The van der Waals surface area contributed by atoms with Gasteiger partial charge in [0.2, 0.25) is 0 Å². The molecule has 0 aliphatic carbocycles. The molecule has 4 nitrogen and oxygen atoms in total. The number of aromatic amines is 1. The minimum absolute atomic E-state index is 0.0203. The molecule has 0 spiro atoms. The first-order valence-corrected chi connectivity index (χ1v) is 5.48. The van der Waals surface area contributed by atoms with Crippen molar-refractivity contribution in [2.45, 2.75) is 12.8 Å². The van der Waals surface area contributed by atoms with Crippen molar-refractivity contribution in [1.82, 2.24) is 4.98 Å². The zero-order chi connectivity index (χ0) is 12.4. The molecule has 1 heterocycles. The number of carboxylic acids is 1. The van der Waals surface area contributed by atoms with Gasteiger partial charge < -0.3 is 10.1 Å². The standard InChI is InChI=1S/C12H10ClNO3/c13-8-2-1-3-9-12(8)7(6-14-9)10(15)4-5-11(16)17/h1-3,6,14H,4-5H2,(H,16,17). The van der Waals surface area contributed by atoms with E-state index in [1.807, 2.05) is 6.07 Å². The zero-order valence-electron chi connectivity index (χ0n) is 8.87. The van der Waals surface area contributed by atoms with Gasteiger partial charge in [-0.3, -0.25) is 9.59 Å². The number of halogens is 1. The van der Waals surface area contributed by atoms with Crippen LogP contribution in [-0.2, 0) is 4.79 Å². The van der Waals surface area contributed by atoms with Gasteiger partial charge in [-0.25, -0.2) is 0 Å². The summed E-state index contributed by atoms with van der Waals surface area (Å²) in [7, 11) is 0. The fourth-order valence-electron chi connectivity index (χ4n) is 1.72. The molecule has 5 heteroatoms. The number of fused-ring (bicyclic) bond motifs is 1. The SMILES string of the molecule is O=C(O)CCC(=O)c1c[nH]c2cccc(Cl)c12. The molecular weight excluding hydrogens is 242 g/mol. The molecule has 0 fully saturated rings. The summed E-state index contributed by atoms with van der Waals surface area (Å²) in [5.74, 6) is -1.20. The summed E-state index contributed by atoms with van der Waals surface area (Å²) in [5, 5.41) is 9.69. The molecule has 0 aliphatic heterocycles. The molecule has 2 aromatic rings. The summed E-state index contributed by atoms with van der Waals surface area (Å²) in [4.78, 5) is 25.2. The molecule has 88 valence electrons. The van der Waals surface area contributed by atoms with Crippen LogP contribution in [0.5, 0.6) is 0 Å². The minimum atomic E-state index is -0.982. The molecule has 0 unspecified atom stereocenters. The molecule has 0 amide bonds. The predicted molar refractivity (Wildman–Crippen MR) is 64.5 cm³/mol. The van der Waals surface area contributed by atoms with Gasteiger partial charge in [0.25, 0.3) is 0 Å². The van der Waals surface area contributed by atoms with Crippen molar-refractivity contribution in [2.24, 2.45) is 0 Å². The van der Waals surface area contributed by atoms with Crippen LogP contribution in [0.25, 0.3) is 10.9 Å². The zero-order valence-corrected chi connectivity index (χ0v) is 9.62. The highest BCUT2D eigenvalue weighted by molar-refractivity contribution is 6.36. The lowest BCUT2D eigenvalue weighted by molar-refractivity contribution is -0.136. The maximum Gasteiger partial charge on any atom is 0.303 e. The van der Waals surface area contributed by atoms with E-state index < -0.39 is 5.97 Å². The normalized spacial score (nSPS) is 10.6. The number of nitrogens with one attached hydrogen (secondary N) is 1. The fourth-order valence-corrected chi connectivity index (χ4v) is 1.99. The van der Waals surface area contributed by atoms with Crippen LogP contribution in [0.2, 0.25) is 5.02 Å². The number of hydrogen-bond acceptors (Lipinski definition) is 2. The van der Waals surface area contributed by atoms with E-state index in [2.05, 4.69) is 4.98 Å². The van der Waals surface area contributed by atoms with Crippen LogP contribution in [0.3, 0.4) is 0 Å². The van der Waals surface area contributed by atoms with Crippen molar-refractivity contribution in [1.29, 1.82) is 0 Å². The predicted octanol–water partition coefficient (Wildman–Crippen LogP) is 2.87. The maximum atomic E-state index is 11.8. The second-order valence-corrected chi connectivity index (χ2v) is 4.09. The highest BCUT2D eigenvalue weighted by Crippen LogP contribution is 2.27. The first kappa shape index (κ1) is 11.7. The third-order valence-corrected chi connectivity index (χ3v) is 2.84. The van der Waals surface area contributed by atoms with E-state index in [0.717, 1.165) is 5.52 Å². The van der Waals surface area contributed by atoms with Crippen LogP contribution < -0.4 is 0 Å². The van der Waals surface area contributed by atoms with Crippen LogP contribution in [0.1, 0.15) is 23.2 Å². The molecule has 1 aromatic carbocycles. The Morgan fingerprint density at radius 1 is 1.29 bits per heavy atom. The lowest BCUT2D eigenvalue weighted by atomic mass is 10.1. The van der Waals surface area contributed by atoms with Crippen molar-refractivity contribution in [2.75, 3.05) is 0 Å². The summed E-state index contributed by atoms with van der Waals surface area (Å²) in [6.45, 7) is 0. The van der Waals surface area contributed by atoms with Gasteiger partial charge in [0.15, 0.2) is 5.78 Å². The summed E-state index contributed by atoms with van der Waals surface area (Å²) in [5.41, 5.74) is 1.23. The third-order valence-electron chi connectivity index (χ3n) is 2.52. The number of ketones is 1. The first-order valence-electron chi connectivity index (χ1n) is 5.10. The average Bonchev–Trinajstić information content (AvgIpc) is 2.71. The van der Waals surface area contributed by atoms with Crippen molar-refractivity contribution in [3.63, 3.8) is 0 Å². The van der Waals surface area contributed by atoms with E-state index in [-0.39, 0.29) is 18.6 Å². The second kappa shape index (κ2) is 4.59. The highest BCUT2D eigenvalue weighted by atomic mass is 35.5. The van der Waals surface area contributed by atoms with E-state index in [9.17, 15) is 9.59 Å². The molecular formula is C12H10ClNO3. The van der Waals surface area contributed by atoms with Crippen molar-refractivity contribution < 1.29 is 14.7 Å². The lowest BCUT2D eigenvalue weighted by Crippen LogP contribution is -2.03. The number of hydrogen-bond donors (Lipinski definition) is 2. The van der Waals surface area contributed by atoms with E-state index >= 15 is 0 Å². The van der Waals surface area contributed by atoms with Gasteiger partial charge in [0, 0.05) is 29.1 Å². The van der Waals surface area contributed by atoms with Gasteiger partial charge in [-0.15, -0.1) is 0 Å². The molecule has 0 saturated heterocycles. The Balaban J connectivity index is 2.36. The summed E-state index contributed by atoms with van der Waals surface area (Å²) in [6.07, 6.45) is 1.38. The molecule has 0 radical (unpaired) electrons. The van der Waals surface area contributed by atoms with Crippen molar-refractivity contribution in [3.05, 3.63) is 35.0 Å². The Kier molecular flexibility index (Phi) is 3.15. The van der Waals surface area contributed by atoms with E-state index in [4.69, 9.17) is 16.7 Å². The van der Waals surface area contributed by atoms with Crippen LogP contribution >= 0.6 is 11.6 Å². The van der Waals surface area contributed by atoms with Gasteiger partial charge >= 0.3 is 5.97 Å². The Bertz CT molecular complexity index is 588. The van der Waals surface area contributed by atoms with E-state index in [1.54, 1.807) is 18.3 Å². The van der Waals surface area contributed by atoms with Crippen LogP contribution in [-0.4, -0.2) is 21.8 Å². The number of benzene rings is 1. The number of carboxylic acid groups (broad SMARTS) is 1. The number of Topliss-reactive ketones (excluding diaryl/α,β-unsaturated/α-hetero) is 1. The largest absolute Gasteiger partial charge is 0.481 e. The van der Waals surface area contributed by atoms with Gasteiger partial charge in [0.05, 0.1) is 11.4 Å². The first-order chi connectivity index (χ1) is 8.09. The highest BCUT2D eigenvalue weighted by Gasteiger charge is 2.15. The topological polar surface area (TPSA) is 70.2 Å². The number of rotatable bonds is 4. The molecule has 1 aromatic heterocycles. The smallest absolute Gasteiger partial charge is 0.303 e. The number of carbonyl (C=O) groups excluding carboxylic acids is 1. The van der Waals surface area contributed by atoms with E-state index in [1.165, 1.54) is 0 Å². The molecule has 2 N–H and O–H groups in total. The Hall–Kier alpha value is -1.81. The maximum absolute atomic E-state index is 11.8. The Morgan fingerprint density at radius 2 is 2.06 bits per heavy atom. The fraction of sp³-hybridized carbons (Fsp3) is 0.167. The van der Waals surface area contributed by atoms with Crippen molar-refractivity contribution in [3.8, 4) is 0 Å². The number of carbonyl (C=O) groups is 2. The van der Waals surface area contributed by atoms with E-state index in [0.29, 0.717) is 16.0 Å². The summed E-state index contributed by atoms with van der Waals surface area (Å²) in [6, 6.07) is 5.30. The third kappa shape index (κ3) is 2.31. The van der Waals surface area contributed by atoms with Crippen LogP contribution in [0.4, 0.5) is 0 Å². The van der Waals surface area contributed by atoms with Crippen molar-refractivity contribution >= 4 is 34.3 Å². The van der Waals surface area contributed by atoms with Gasteiger partial charge in [-0.1, -0.05) is 17.7 Å². The summed E-state index contributed by atoms with van der Waals surface area (Å²) < 4.78 is 0. The number of H-pyrrole nitrogens is 1. The average molecular weight is 252 g/mol. The van der Waals surface area contributed by atoms with Gasteiger partial charge in [-0.2, -0.15) is 0 Å².